The lowest BCUT2D eigenvalue weighted by atomic mass is 10.1. The van der Waals surface area contributed by atoms with Crippen molar-refractivity contribution in [2.45, 2.75) is 18.9 Å². The van der Waals surface area contributed by atoms with Gasteiger partial charge in [0, 0.05) is 49.4 Å². The fourth-order valence-electron chi connectivity index (χ4n) is 4.86. The van der Waals surface area contributed by atoms with Crippen LogP contribution in [0.5, 0.6) is 5.75 Å². The van der Waals surface area contributed by atoms with Crippen LogP contribution in [0.15, 0.2) is 55.4 Å². The van der Waals surface area contributed by atoms with Gasteiger partial charge in [-0.3, -0.25) is 4.79 Å². The monoisotopic (exact) mass is 568 g/mol. The van der Waals surface area contributed by atoms with E-state index in [1.807, 2.05) is 44.4 Å². The maximum atomic E-state index is 15.2. The van der Waals surface area contributed by atoms with Crippen LogP contribution < -0.4 is 20.3 Å². The quantitative estimate of drug-likeness (QED) is 0.234. The highest BCUT2D eigenvalue weighted by molar-refractivity contribution is 6.02. The number of hydrogen-bond acceptors (Lipinski definition) is 8. The molecule has 1 saturated carbocycles. The summed E-state index contributed by atoms with van der Waals surface area (Å²) in [6.07, 6.45) is 6.54. The van der Waals surface area contributed by atoms with E-state index in [1.54, 1.807) is 19.2 Å². The number of fused-ring (bicyclic) bond motifs is 1. The molecule has 216 valence electrons. The van der Waals surface area contributed by atoms with Gasteiger partial charge >= 0.3 is 0 Å². The van der Waals surface area contributed by atoms with Crippen LogP contribution in [-0.4, -0.2) is 66.7 Å². The molecule has 0 spiro atoms. The first-order valence-corrected chi connectivity index (χ1v) is 13.6. The lowest BCUT2D eigenvalue weighted by molar-refractivity contribution is -0.111. The minimum Gasteiger partial charge on any atom is -0.494 e. The number of ether oxygens (including phenoxy) is 1. The number of amides is 1. The minimum atomic E-state index is -0.378. The van der Waals surface area contributed by atoms with Crippen molar-refractivity contribution in [1.82, 2.24) is 19.4 Å². The third-order valence-corrected chi connectivity index (χ3v) is 7.21. The first-order chi connectivity index (χ1) is 20.2. The van der Waals surface area contributed by atoms with Crippen LogP contribution >= 0.6 is 0 Å². The second-order valence-electron chi connectivity index (χ2n) is 10.5. The Morgan fingerprint density at radius 2 is 2.05 bits per heavy atom. The lowest BCUT2D eigenvalue weighted by Gasteiger charge is -2.26. The van der Waals surface area contributed by atoms with Gasteiger partial charge in [-0.05, 0) is 51.2 Å². The molecule has 1 aliphatic rings. The van der Waals surface area contributed by atoms with E-state index in [1.165, 1.54) is 18.3 Å². The summed E-state index contributed by atoms with van der Waals surface area (Å²) in [5.74, 6) is -0.0682. The van der Waals surface area contributed by atoms with Gasteiger partial charge in [0.15, 0.2) is 0 Å². The Kier molecular flexibility index (Phi) is 8.08. The highest BCUT2D eigenvalue weighted by Crippen LogP contribution is 2.43. The molecule has 0 aliphatic heterocycles. The molecule has 0 saturated heterocycles. The second-order valence-corrected chi connectivity index (χ2v) is 10.5. The van der Waals surface area contributed by atoms with Crippen LogP contribution in [-0.2, 0) is 4.79 Å². The first kappa shape index (κ1) is 28.6. The van der Waals surface area contributed by atoms with Gasteiger partial charge in [-0.2, -0.15) is 5.26 Å². The molecule has 5 rings (SSSR count). The van der Waals surface area contributed by atoms with Gasteiger partial charge in [0.05, 0.1) is 47.1 Å². The normalized spacial score (nSPS) is 12.7. The number of rotatable bonds is 11. The van der Waals surface area contributed by atoms with Gasteiger partial charge in [0.25, 0.3) is 0 Å². The van der Waals surface area contributed by atoms with Crippen LogP contribution in [0.4, 0.5) is 27.4 Å². The summed E-state index contributed by atoms with van der Waals surface area (Å²) in [6, 6.07) is 11.0. The predicted octanol–water partition coefficient (Wildman–Crippen LogP) is 5.32. The molecule has 0 atom stereocenters. The molecule has 1 fully saturated rings. The average molecular weight is 569 g/mol. The van der Waals surface area contributed by atoms with E-state index in [2.05, 4.69) is 42.7 Å². The molecule has 0 unspecified atom stereocenters. The van der Waals surface area contributed by atoms with Crippen molar-refractivity contribution in [2.75, 3.05) is 56.9 Å². The van der Waals surface area contributed by atoms with Gasteiger partial charge in [-0.15, -0.1) is 0 Å². The number of halogens is 1. The summed E-state index contributed by atoms with van der Waals surface area (Å²) < 4.78 is 22.9. The standard InChI is InChI=1S/C31H33FN8O2/c1-6-28(41)35-23-14-24(27(42-5)15-26(23)39(4)13-12-38(2)3)36-31-34-17-19(16-33)30(37-31)21-18-40(20-10-11-20)25-9-7-8-22(32)29(21)25/h6-9,14-15,17-18,20H,1,10-13H2,2-5H3,(H,35,41)(H,34,36,37). The summed E-state index contributed by atoms with van der Waals surface area (Å²) in [7, 11) is 7.46. The first-order valence-electron chi connectivity index (χ1n) is 13.6. The van der Waals surface area contributed by atoms with Crippen LogP contribution in [0.3, 0.4) is 0 Å². The zero-order chi connectivity index (χ0) is 30.0. The molecule has 2 N–H and O–H groups in total. The number of nitrogens with one attached hydrogen (secondary N) is 2. The van der Waals surface area contributed by atoms with E-state index >= 15 is 4.39 Å². The van der Waals surface area contributed by atoms with Crippen molar-refractivity contribution in [3.05, 3.63) is 66.8 Å². The Labute approximate surface area is 244 Å². The third kappa shape index (κ3) is 5.75. The number of likely N-dealkylation sites (N-methyl/N-ethyl adjacent to an activating group) is 2. The largest absolute Gasteiger partial charge is 0.494 e. The molecule has 2 aromatic heterocycles. The van der Waals surface area contributed by atoms with Gasteiger partial charge in [-0.25, -0.2) is 14.4 Å². The van der Waals surface area contributed by atoms with Crippen LogP contribution in [0, 0.1) is 17.1 Å². The molecular weight excluding hydrogens is 535 g/mol. The summed E-state index contributed by atoms with van der Waals surface area (Å²) in [5, 5.41) is 16.4. The van der Waals surface area contributed by atoms with E-state index in [4.69, 9.17) is 4.74 Å². The number of nitrogens with zero attached hydrogens (tertiary/aromatic N) is 6. The van der Waals surface area contributed by atoms with E-state index in [0.29, 0.717) is 46.4 Å². The SMILES string of the molecule is C=CC(=O)Nc1cc(Nc2ncc(C#N)c(-c3cn(C4CC4)c4cccc(F)c34)n2)c(OC)cc1N(C)CCN(C)C. The number of carbonyl (C=O) groups excluding carboxylic acids is 1. The topological polar surface area (TPSA) is 111 Å². The Hall–Kier alpha value is -4.95. The maximum Gasteiger partial charge on any atom is 0.247 e. The summed E-state index contributed by atoms with van der Waals surface area (Å²) in [4.78, 5) is 25.4. The number of carbonyl (C=O) groups is 1. The van der Waals surface area contributed by atoms with Crippen molar-refractivity contribution < 1.29 is 13.9 Å². The molecule has 11 heteroatoms. The Bertz CT molecular complexity index is 1700. The minimum absolute atomic E-state index is 0.181. The molecule has 10 nitrogen and oxygen atoms in total. The van der Waals surface area contributed by atoms with Gasteiger partial charge in [0.2, 0.25) is 11.9 Å². The van der Waals surface area contributed by atoms with Crippen molar-refractivity contribution in [1.29, 1.82) is 5.26 Å². The van der Waals surface area contributed by atoms with Crippen molar-refractivity contribution in [3.63, 3.8) is 0 Å². The van der Waals surface area contributed by atoms with Crippen molar-refractivity contribution in [2.24, 2.45) is 0 Å². The number of anilines is 4. The molecule has 42 heavy (non-hydrogen) atoms. The number of hydrogen-bond donors (Lipinski definition) is 2. The molecule has 1 amide bonds. The molecule has 1 aliphatic carbocycles. The number of methoxy groups -OCH3 is 1. The molecule has 0 radical (unpaired) electrons. The summed E-state index contributed by atoms with van der Waals surface area (Å²) in [5.41, 5.74) is 3.62. The number of benzene rings is 2. The van der Waals surface area contributed by atoms with Gasteiger partial charge < -0.3 is 29.7 Å². The predicted molar refractivity (Wildman–Crippen MR) is 163 cm³/mol. The fraction of sp³-hybridized carbons (Fsp3) is 0.290. The average Bonchev–Trinajstić information content (AvgIpc) is 3.75. The Morgan fingerprint density at radius 1 is 1.26 bits per heavy atom. The lowest BCUT2D eigenvalue weighted by Crippen LogP contribution is -2.29. The second kappa shape index (κ2) is 11.9. The summed E-state index contributed by atoms with van der Waals surface area (Å²) >= 11 is 0. The van der Waals surface area contributed by atoms with Crippen LogP contribution in [0.1, 0.15) is 24.4 Å². The fourth-order valence-corrected chi connectivity index (χ4v) is 4.86. The van der Waals surface area contributed by atoms with Crippen molar-refractivity contribution in [3.8, 4) is 23.1 Å². The smallest absolute Gasteiger partial charge is 0.247 e. The Balaban J connectivity index is 1.57. The molecule has 0 bridgehead atoms. The number of nitriles is 1. The number of aromatic nitrogens is 3. The molecular formula is C31H33FN8O2. The highest BCUT2D eigenvalue weighted by Gasteiger charge is 2.28. The van der Waals surface area contributed by atoms with Crippen LogP contribution in [0.2, 0.25) is 0 Å². The third-order valence-electron chi connectivity index (χ3n) is 7.21. The van der Waals surface area contributed by atoms with Gasteiger partial charge in [-0.1, -0.05) is 12.6 Å². The zero-order valence-corrected chi connectivity index (χ0v) is 24.1. The van der Waals surface area contributed by atoms with Crippen LogP contribution in [0.25, 0.3) is 22.2 Å². The van der Waals surface area contributed by atoms with Gasteiger partial charge in [0.1, 0.15) is 17.6 Å². The summed E-state index contributed by atoms with van der Waals surface area (Å²) in [6.45, 7) is 5.07. The Morgan fingerprint density at radius 3 is 2.71 bits per heavy atom. The highest BCUT2D eigenvalue weighted by atomic mass is 19.1. The molecule has 4 aromatic rings. The maximum absolute atomic E-state index is 15.2. The van der Waals surface area contributed by atoms with E-state index in [9.17, 15) is 10.1 Å². The van der Waals surface area contributed by atoms with E-state index < -0.39 is 0 Å². The van der Waals surface area contributed by atoms with E-state index in [0.717, 1.165) is 30.6 Å². The molecule has 2 heterocycles. The zero-order valence-electron chi connectivity index (χ0n) is 24.1. The van der Waals surface area contributed by atoms with E-state index in [-0.39, 0.29) is 23.2 Å². The van der Waals surface area contributed by atoms with Crippen molar-refractivity contribution >= 4 is 39.8 Å². The molecule has 2 aromatic carbocycles.